The van der Waals surface area contributed by atoms with E-state index in [1.54, 1.807) is 0 Å². The first kappa shape index (κ1) is 12.8. The third kappa shape index (κ3) is 4.39. The van der Waals surface area contributed by atoms with E-state index in [9.17, 15) is 0 Å². The standard InChI is InChI=1S/C11H16Cl2N2/c1-15(6-2-5-14)8-9-3-4-10(12)11(13)7-9/h3-4,7H,2,5-6,8,14H2,1H3. The van der Waals surface area contributed by atoms with Gasteiger partial charge in [0.2, 0.25) is 0 Å². The quantitative estimate of drug-likeness (QED) is 0.866. The van der Waals surface area contributed by atoms with Crippen LogP contribution in [0.15, 0.2) is 18.2 Å². The highest BCUT2D eigenvalue weighted by Crippen LogP contribution is 2.22. The summed E-state index contributed by atoms with van der Waals surface area (Å²) in [6, 6.07) is 5.73. The molecule has 4 heteroatoms. The fourth-order valence-corrected chi connectivity index (χ4v) is 1.71. The molecular formula is C11H16Cl2N2. The van der Waals surface area contributed by atoms with Crippen LogP contribution < -0.4 is 5.73 Å². The van der Waals surface area contributed by atoms with Crippen LogP contribution in [0, 0.1) is 0 Å². The maximum Gasteiger partial charge on any atom is 0.0595 e. The van der Waals surface area contributed by atoms with Crippen molar-refractivity contribution in [3.05, 3.63) is 33.8 Å². The van der Waals surface area contributed by atoms with Crippen molar-refractivity contribution in [2.24, 2.45) is 5.73 Å². The molecule has 2 nitrogen and oxygen atoms in total. The van der Waals surface area contributed by atoms with E-state index in [1.165, 1.54) is 5.56 Å². The largest absolute Gasteiger partial charge is 0.330 e. The first-order chi connectivity index (χ1) is 7.13. The van der Waals surface area contributed by atoms with E-state index < -0.39 is 0 Å². The minimum absolute atomic E-state index is 0.602. The Bertz CT molecular complexity index is 315. The average Bonchev–Trinajstić information content (AvgIpc) is 2.20. The zero-order valence-corrected chi connectivity index (χ0v) is 10.4. The highest BCUT2D eigenvalue weighted by atomic mass is 35.5. The van der Waals surface area contributed by atoms with Crippen LogP contribution in [-0.2, 0) is 6.54 Å². The maximum atomic E-state index is 5.93. The van der Waals surface area contributed by atoms with E-state index in [1.807, 2.05) is 18.2 Å². The van der Waals surface area contributed by atoms with E-state index in [0.29, 0.717) is 10.0 Å². The molecule has 1 rings (SSSR count). The van der Waals surface area contributed by atoms with Crippen LogP contribution in [0.3, 0.4) is 0 Å². The highest BCUT2D eigenvalue weighted by molar-refractivity contribution is 6.42. The van der Waals surface area contributed by atoms with Crippen molar-refractivity contribution >= 4 is 23.2 Å². The third-order valence-electron chi connectivity index (χ3n) is 2.18. The molecule has 0 fully saturated rings. The van der Waals surface area contributed by atoms with Gasteiger partial charge in [-0.1, -0.05) is 29.3 Å². The molecule has 0 atom stereocenters. The van der Waals surface area contributed by atoms with E-state index in [2.05, 4.69) is 11.9 Å². The summed E-state index contributed by atoms with van der Waals surface area (Å²) >= 11 is 11.8. The number of benzene rings is 1. The summed E-state index contributed by atoms with van der Waals surface area (Å²) in [7, 11) is 2.07. The SMILES string of the molecule is CN(CCCN)Cc1ccc(Cl)c(Cl)c1. The van der Waals surface area contributed by atoms with Crippen LogP contribution in [0.1, 0.15) is 12.0 Å². The monoisotopic (exact) mass is 246 g/mol. The molecule has 0 heterocycles. The van der Waals surface area contributed by atoms with Crippen molar-refractivity contribution in [1.82, 2.24) is 4.90 Å². The van der Waals surface area contributed by atoms with Crippen molar-refractivity contribution in [2.45, 2.75) is 13.0 Å². The molecule has 15 heavy (non-hydrogen) atoms. The predicted octanol–water partition coefficient (Wildman–Crippen LogP) is 2.77. The number of nitrogens with zero attached hydrogens (tertiary/aromatic N) is 1. The fourth-order valence-electron chi connectivity index (χ4n) is 1.39. The lowest BCUT2D eigenvalue weighted by molar-refractivity contribution is 0.324. The normalized spacial score (nSPS) is 11.0. The van der Waals surface area contributed by atoms with Crippen LogP contribution in [0.5, 0.6) is 0 Å². The smallest absolute Gasteiger partial charge is 0.0595 e. The summed E-state index contributed by atoms with van der Waals surface area (Å²) in [5.74, 6) is 0. The number of hydrogen-bond acceptors (Lipinski definition) is 2. The van der Waals surface area contributed by atoms with Crippen molar-refractivity contribution in [3.63, 3.8) is 0 Å². The molecule has 0 bridgehead atoms. The van der Waals surface area contributed by atoms with Gasteiger partial charge in [0.15, 0.2) is 0 Å². The first-order valence-corrected chi connectivity index (χ1v) is 5.71. The van der Waals surface area contributed by atoms with Crippen LogP contribution in [0.25, 0.3) is 0 Å². The van der Waals surface area contributed by atoms with Crippen LogP contribution in [-0.4, -0.2) is 25.0 Å². The van der Waals surface area contributed by atoms with E-state index in [4.69, 9.17) is 28.9 Å². The maximum absolute atomic E-state index is 5.93. The van der Waals surface area contributed by atoms with Gasteiger partial charge in [-0.2, -0.15) is 0 Å². The predicted molar refractivity (Wildman–Crippen MR) is 66.5 cm³/mol. The molecule has 0 saturated carbocycles. The Kier molecular flexibility index (Phi) is 5.40. The molecule has 0 radical (unpaired) electrons. The van der Waals surface area contributed by atoms with E-state index >= 15 is 0 Å². The highest BCUT2D eigenvalue weighted by Gasteiger charge is 2.02. The second-order valence-electron chi connectivity index (χ2n) is 3.63. The average molecular weight is 247 g/mol. The molecule has 2 N–H and O–H groups in total. The molecule has 1 aromatic carbocycles. The fraction of sp³-hybridized carbons (Fsp3) is 0.455. The lowest BCUT2D eigenvalue weighted by Gasteiger charge is -2.16. The molecule has 1 aromatic rings. The van der Waals surface area contributed by atoms with Gasteiger partial charge < -0.3 is 10.6 Å². The van der Waals surface area contributed by atoms with E-state index in [0.717, 1.165) is 26.1 Å². The minimum Gasteiger partial charge on any atom is -0.330 e. The van der Waals surface area contributed by atoms with Crippen LogP contribution >= 0.6 is 23.2 Å². The third-order valence-corrected chi connectivity index (χ3v) is 2.92. The van der Waals surface area contributed by atoms with Crippen LogP contribution in [0.2, 0.25) is 10.0 Å². The van der Waals surface area contributed by atoms with Gasteiger partial charge in [-0.05, 0) is 44.3 Å². The number of rotatable bonds is 5. The minimum atomic E-state index is 0.602. The van der Waals surface area contributed by atoms with Gasteiger partial charge in [-0.15, -0.1) is 0 Å². The molecule has 0 aliphatic carbocycles. The molecule has 0 saturated heterocycles. The van der Waals surface area contributed by atoms with Crippen molar-refractivity contribution in [1.29, 1.82) is 0 Å². The summed E-state index contributed by atoms with van der Waals surface area (Å²) in [4.78, 5) is 2.21. The van der Waals surface area contributed by atoms with Crippen molar-refractivity contribution < 1.29 is 0 Å². The van der Waals surface area contributed by atoms with Gasteiger partial charge >= 0.3 is 0 Å². The van der Waals surface area contributed by atoms with E-state index in [-0.39, 0.29) is 0 Å². The molecule has 0 aliphatic heterocycles. The summed E-state index contributed by atoms with van der Waals surface area (Å²) in [5, 5.41) is 1.21. The number of hydrogen-bond donors (Lipinski definition) is 1. The molecule has 0 spiro atoms. The topological polar surface area (TPSA) is 29.3 Å². The zero-order chi connectivity index (χ0) is 11.3. The Labute approximate surface area is 101 Å². The summed E-state index contributed by atoms with van der Waals surface area (Å²) < 4.78 is 0. The Morgan fingerprint density at radius 2 is 2.00 bits per heavy atom. The van der Waals surface area contributed by atoms with Gasteiger partial charge in [-0.25, -0.2) is 0 Å². The molecule has 0 aliphatic rings. The number of nitrogens with two attached hydrogens (primary N) is 1. The van der Waals surface area contributed by atoms with Crippen molar-refractivity contribution in [2.75, 3.05) is 20.1 Å². The lowest BCUT2D eigenvalue weighted by atomic mass is 10.2. The molecule has 0 aromatic heterocycles. The molecule has 0 amide bonds. The summed E-state index contributed by atoms with van der Waals surface area (Å²) in [6.45, 7) is 2.60. The molecule has 0 unspecified atom stereocenters. The second kappa shape index (κ2) is 6.33. The van der Waals surface area contributed by atoms with Gasteiger partial charge in [0.05, 0.1) is 10.0 Å². The first-order valence-electron chi connectivity index (χ1n) is 4.96. The Morgan fingerprint density at radius 3 is 2.60 bits per heavy atom. The number of halogens is 2. The van der Waals surface area contributed by atoms with Crippen LogP contribution in [0.4, 0.5) is 0 Å². The molecule has 84 valence electrons. The Hall–Kier alpha value is -0.280. The lowest BCUT2D eigenvalue weighted by Crippen LogP contribution is -2.21. The van der Waals surface area contributed by atoms with Gasteiger partial charge in [-0.3, -0.25) is 0 Å². The Balaban J connectivity index is 2.53. The Morgan fingerprint density at radius 1 is 1.27 bits per heavy atom. The van der Waals surface area contributed by atoms with Gasteiger partial charge in [0, 0.05) is 6.54 Å². The molecular weight excluding hydrogens is 231 g/mol. The van der Waals surface area contributed by atoms with Gasteiger partial charge in [0.25, 0.3) is 0 Å². The summed E-state index contributed by atoms with van der Waals surface area (Å²) in [6.07, 6.45) is 1.01. The second-order valence-corrected chi connectivity index (χ2v) is 4.44. The summed E-state index contributed by atoms with van der Waals surface area (Å²) in [5.41, 5.74) is 6.62. The van der Waals surface area contributed by atoms with Crippen molar-refractivity contribution in [3.8, 4) is 0 Å². The zero-order valence-electron chi connectivity index (χ0n) is 8.84. The van der Waals surface area contributed by atoms with Gasteiger partial charge in [0.1, 0.15) is 0 Å².